The molecule has 1 fully saturated rings. The zero-order chi connectivity index (χ0) is 15.8. The number of nitriles is 1. The lowest BCUT2D eigenvalue weighted by atomic mass is 9.92. The van der Waals surface area contributed by atoms with Crippen molar-refractivity contribution in [2.75, 3.05) is 6.26 Å². The smallest absolute Gasteiger partial charge is 0.188 e. The molecule has 1 unspecified atom stereocenters. The first-order valence-corrected chi connectivity index (χ1v) is 8.50. The maximum atomic E-state index is 12.4. The van der Waals surface area contributed by atoms with Crippen molar-refractivity contribution in [1.82, 2.24) is 0 Å². The number of ketones is 2. The average molecular weight is 326 g/mol. The maximum absolute atomic E-state index is 12.4. The molecule has 1 aromatic carbocycles. The third-order valence-electron chi connectivity index (χ3n) is 3.26. The van der Waals surface area contributed by atoms with Crippen molar-refractivity contribution < 1.29 is 18.0 Å². The average Bonchev–Trinajstić information content (AvgIpc) is 3.22. The number of nitrogens with zero attached hydrogens (tertiary/aromatic N) is 1. The summed E-state index contributed by atoms with van der Waals surface area (Å²) in [4.78, 5) is 24.1. The van der Waals surface area contributed by atoms with E-state index in [2.05, 4.69) is 0 Å². The van der Waals surface area contributed by atoms with Crippen LogP contribution in [0, 0.1) is 23.2 Å². The summed E-state index contributed by atoms with van der Waals surface area (Å²) in [5, 5.41) is 9.25. The van der Waals surface area contributed by atoms with E-state index >= 15 is 0 Å². The van der Waals surface area contributed by atoms with Crippen LogP contribution in [0.25, 0.3) is 0 Å². The second-order valence-electron chi connectivity index (χ2n) is 5.02. The van der Waals surface area contributed by atoms with Crippen LogP contribution in [0.3, 0.4) is 0 Å². The Morgan fingerprint density at radius 1 is 1.38 bits per heavy atom. The largest absolute Gasteiger partial charge is 0.297 e. The van der Waals surface area contributed by atoms with Gasteiger partial charge in [-0.25, -0.2) is 8.42 Å². The minimum absolute atomic E-state index is 0.161. The highest BCUT2D eigenvalue weighted by molar-refractivity contribution is 7.90. The fourth-order valence-electron chi connectivity index (χ4n) is 2.02. The van der Waals surface area contributed by atoms with Crippen LogP contribution in [0.5, 0.6) is 0 Å². The molecule has 0 spiro atoms. The SMILES string of the molecule is CS(=O)(=O)c1cc(Cl)ccc1C(=O)C(C#N)C(=O)C1CC1. The molecule has 0 radical (unpaired) electrons. The molecule has 1 aromatic rings. The molecule has 0 N–H and O–H groups in total. The summed E-state index contributed by atoms with van der Waals surface area (Å²) in [6.07, 6.45) is 2.28. The molecule has 21 heavy (non-hydrogen) atoms. The zero-order valence-electron chi connectivity index (χ0n) is 11.2. The van der Waals surface area contributed by atoms with Crippen LogP contribution in [0.4, 0.5) is 0 Å². The van der Waals surface area contributed by atoms with Crippen molar-refractivity contribution in [3.8, 4) is 6.07 Å². The first-order chi connectivity index (χ1) is 9.75. The molecule has 0 amide bonds. The quantitative estimate of drug-likeness (QED) is 0.610. The molecule has 1 aliphatic rings. The standard InChI is InChI=1S/C14H12ClNO4S/c1-21(19,20)12-6-9(15)4-5-10(12)14(18)11(7-16)13(17)8-2-3-8/h4-6,8,11H,2-3H2,1H3. The zero-order valence-corrected chi connectivity index (χ0v) is 12.7. The first kappa shape index (κ1) is 15.7. The van der Waals surface area contributed by atoms with Gasteiger partial charge >= 0.3 is 0 Å². The molecule has 5 nitrogen and oxygen atoms in total. The van der Waals surface area contributed by atoms with Crippen molar-refractivity contribution in [2.24, 2.45) is 11.8 Å². The number of carbonyl (C=O) groups excluding carboxylic acids is 2. The number of hydrogen-bond donors (Lipinski definition) is 0. The predicted molar refractivity (Wildman–Crippen MR) is 75.7 cm³/mol. The van der Waals surface area contributed by atoms with Gasteiger partial charge in [-0.15, -0.1) is 0 Å². The molecule has 0 heterocycles. The van der Waals surface area contributed by atoms with E-state index in [1.807, 2.05) is 0 Å². The summed E-state index contributed by atoms with van der Waals surface area (Å²) in [6.45, 7) is 0. The molecular weight excluding hydrogens is 314 g/mol. The van der Waals surface area contributed by atoms with E-state index in [0.717, 1.165) is 12.3 Å². The minimum atomic E-state index is -3.70. The number of sulfone groups is 1. The summed E-state index contributed by atoms with van der Waals surface area (Å²) in [5.41, 5.74) is -0.164. The Hall–Kier alpha value is -1.71. The fourth-order valence-corrected chi connectivity index (χ4v) is 3.16. The van der Waals surface area contributed by atoms with Crippen LogP contribution in [-0.4, -0.2) is 26.2 Å². The summed E-state index contributed by atoms with van der Waals surface area (Å²) in [6, 6.07) is 5.44. The monoisotopic (exact) mass is 325 g/mol. The van der Waals surface area contributed by atoms with Crippen molar-refractivity contribution >= 4 is 33.0 Å². The topological polar surface area (TPSA) is 92.1 Å². The molecule has 1 saturated carbocycles. The molecule has 0 saturated heterocycles. The van der Waals surface area contributed by atoms with Gasteiger partial charge in [0.25, 0.3) is 0 Å². The minimum Gasteiger partial charge on any atom is -0.297 e. The van der Waals surface area contributed by atoms with E-state index in [1.165, 1.54) is 12.1 Å². The van der Waals surface area contributed by atoms with Crippen molar-refractivity contribution in [3.63, 3.8) is 0 Å². The van der Waals surface area contributed by atoms with E-state index in [-0.39, 0.29) is 21.4 Å². The molecule has 2 rings (SSSR count). The Bertz CT molecular complexity index is 760. The van der Waals surface area contributed by atoms with Gasteiger partial charge in [-0.1, -0.05) is 11.6 Å². The lowest BCUT2D eigenvalue weighted by Gasteiger charge is -2.10. The third-order valence-corrected chi connectivity index (χ3v) is 4.64. The van der Waals surface area contributed by atoms with Gasteiger partial charge in [0.1, 0.15) is 0 Å². The van der Waals surface area contributed by atoms with Gasteiger partial charge in [0, 0.05) is 22.8 Å². The highest BCUT2D eigenvalue weighted by Crippen LogP contribution is 2.34. The molecular formula is C14H12ClNO4S. The molecule has 1 atom stereocenters. The molecule has 0 aliphatic heterocycles. The fraction of sp³-hybridized carbons (Fsp3) is 0.357. The van der Waals surface area contributed by atoms with Crippen LogP contribution in [0.1, 0.15) is 23.2 Å². The van der Waals surface area contributed by atoms with Gasteiger partial charge in [-0.3, -0.25) is 9.59 Å². The lowest BCUT2D eigenvalue weighted by molar-refractivity contribution is -0.121. The van der Waals surface area contributed by atoms with Gasteiger partial charge in [0.15, 0.2) is 27.3 Å². The van der Waals surface area contributed by atoms with Crippen LogP contribution in [0.2, 0.25) is 5.02 Å². The highest BCUT2D eigenvalue weighted by atomic mass is 35.5. The van der Waals surface area contributed by atoms with Gasteiger partial charge in [0.2, 0.25) is 0 Å². The first-order valence-electron chi connectivity index (χ1n) is 6.23. The highest BCUT2D eigenvalue weighted by Gasteiger charge is 2.39. The Morgan fingerprint density at radius 2 is 2.00 bits per heavy atom. The molecule has 1 aliphatic carbocycles. The second kappa shape index (κ2) is 5.58. The van der Waals surface area contributed by atoms with E-state index in [9.17, 15) is 18.0 Å². The van der Waals surface area contributed by atoms with Crippen molar-refractivity contribution in [2.45, 2.75) is 17.7 Å². The number of Topliss-reactive ketones (excluding diaryl/α,β-unsaturated/α-hetero) is 2. The number of hydrogen-bond acceptors (Lipinski definition) is 5. The Morgan fingerprint density at radius 3 is 2.48 bits per heavy atom. The number of rotatable bonds is 5. The van der Waals surface area contributed by atoms with Gasteiger partial charge in [0.05, 0.1) is 11.0 Å². The normalized spacial score (nSPS) is 16.0. The molecule has 7 heteroatoms. The van der Waals surface area contributed by atoms with E-state index in [1.54, 1.807) is 6.07 Å². The lowest BCUT2D eigenvalue weighted by Crippen LogP contribution is -2.25. The maximum Gasteiger partial charge on any atom is 0.188 e. The number of halogens is 1. The van der Waals surface area contributed by atoms with Gasteiger partial charge in [-0.2, -0.15) is 5.26 Å². The molecule has 110 valence electrons. The Balaban J connectivity index is 2.48. The predicted octanol–water partition coefficient (Wildman–Crippen LogP) is 2.05. The number of benzene rings is 1. The van der Waals surface area contributed by atoms with Gasteiger partial charge in [-0.05, 0) is 31.0 Å². The van der Waals surface area contributed by atoms with E-state index in [4.69, 9.17) is 16.9 Å². The molecule has 0 bridgehead atoms. The summed E-state index contributed by atoms with van der Waals surface area (Å²) in [5.74, 6) is -2.94. The van der Waals surface area contributed by atoms with Gasteiger partial charge < -0.3 is 0 Å². The van der Waals surface area contributed by atoms with E-state index in [0.29, 0.717) is 12.8 Å². The molecule has 0 aromatic heterocycles. The van der Waals surface area contributed by atoms with Crippen LogP contribution < -0.4 is 0 Å². The number of carbonyl (C=O) groups is 2. The summed E-state index contributed by atoms with van der Waals surface area (Å²) < 4.78 is 23.5. The van der Waals surface area contributed by atoms with Crippen molar-refractivity contribution in [3.05, 3.63) is 28.8 Å². The summed E-state index contributed by atoms with van der Waals surface area (Å²) >= 11 is 5.76. The second-order valence-corrected chi connectivity index (χ2v) is 7.44. The van der Waals surface area contributed by atoms with Crippen LogP contribution in [-0.2, 0) is 14.6 Å². The Labute approximate surface area is 127 Å². The van der Waals surface area contributed by atoms with Crippen LogP contribution >= 0.6 is 11.6 Å². The third kappa shape index (κ3) is 3.31. The van der Waals surface area contributed by atoms with Crippen molar-refractivity contribution in [1.29, 1.82) is 5.26 Å². The summed E-state index contributed by atoms with van der Waals surface area (Å²) in [7, 11) is -3.70. The Kier molecular flexibility index (Phi) is 4.17. The van der Waals surface area contributed by atoms with E-state index < -0.39 is 27.3 Å². The van der Waals surface area contributed by atoms with Crippen LogP contribution in [0.15, 0.2) is 23.1 Å².